The maximum atomic E-state index is 11.9. The number of nitrogens with two attached hydrogens (primary N) is 1. The van der Waals surface area contributed by atoms with Crippen LogP contribution in [-0.4, -0.2) is 63.9 Å². The number of carbonyl (C=O) groups is 1. The predicted molar refractivity (Wildman–Crippen MR) is 140 cm³/mol. The number of nitrogens with one attached hydrogen (secondary N) is 1. The van der Waals surface area contributed by atoms with Gasteiger partial charge in [0.25, 0.3) is 0 Å². The molecule has 200 valence electrons. The van der Waals surface area contributed by atoms with Gasteiger partial charge >= 0.3 is 13.1 Å². The summed E-state index contributed by atoms with van der Waals surface area (Å²) in [5.74, 6) is -1.73. The molecule has 2 aliphatic rings. The number of rotatable bonds is 13. The highest BCUT2D eigenvalue weighted by Gasteiger charge is 2.48. The molecule has 1 saturated carbocycles. The van der Waals surface area contributed by atoms with Crippen molar-refractivity contribution in [1.82, 2.24) is 5.32 Å². The van der Waals surface area contributed by atoms with Gasteiger partial charge in [-0.2, -0.15) is 0 Å². The van der Waals surface area contributed by atoms with Crippen molar-refractivity contribution in [1.29, 1.82) is 0 Å². The normalized spacial score (nSPS) is 24.8. The molecule has 0 spiro atoms. The van der Waals surface area contributed by atoms with Crippen LogP contribution < -0.4 is 15.8 Å². The number of carboxylic acid groups (broad SMARTS) is 1. The summed E-state index contributed by atoms with van der Waals surface area (Å²) >= 11 is 0. The summed E-state index contributed by atoms with van der Waals surface area (Å²) in [6, 6.07) is 16.1. The highest BCUT2D eigenvalue weighted by atomic mass is 16.7. The van der Waals surface area contributed by atoms with Crippen molar-refractivity contribution in [3.63, 3.8) is 0 Å². The fourth-order valence-corrected chi connectivity index (χ4v) is 5.06. The van der Waals surface area contributed by atoms with Crippen molar-refractivity contribution in [3.8, 4) is 16.9 Å². The first-order valence-corrected chi connectivity index (χ1v) is 13.0. The Labute approximate surface area is 217 Å². The van der Waals surface area contributed by atoms with E-state index in [-0.39, 0.29) is 24.9 Å². The summed E-state index contributed by atoms with van der Waals surface area (Å²) in [5.41, 5.74) is 8.26. The summed E-state index contributed by atoms with van der Waals surface area (Å²) in [4.78, 5) is 11.9. The van der Waals surface area contributed by atoms with E-state index >= 15 is 0 Å². The van der Waals surface area contributed by atoms with Crippen LogP contribution >= 0.6 is 0 Å². The molecular weight excluding hydrogens is 475 g/mol. The molecule has 2 aromatic rings. The van der Waals surface area contributed by atoms with Crippen LogP contribution in [-0.2, 0) is 16.1 Å². The maximum absolute atomic E-state index is 11.9. The summed E-state index contributed by atoms with van der Waals surface area (Å²) in [5, 5.41) is 41.4. The lowest BCUT2D eigenvalue weighted by Crippen LogP contribution is -2.61. The highest BCUT2D eigenvalue weighted by Crippen LogP contribution is 2.38. The van der Waals surface area contributed by atoms with Crippen molar-refractivity contribution in [2.24, 2.45) is 11.7 Å². The van der Waals surface area contributed by atoms with Crippen LogP contribution in [0.1, 0.15) is 44.1 Å². The molecule has 2 unspecified atom stereocenters. The molecule has 2 atom stereocenters. The van der Waals surface area contributed by atoms with Crippen LogP contribution in [0.25, 0.3) is 11.1 Å². The molecule has 1 aliphatic carbocycles. The van der Waals surface area contributed by atoms with Crippen molar-refractivity contribution in [2.45, 2.75) is 68.8 Å². The predicted octanol–water partition coefficient (Wildman–Crippen LogP) is 2.13. The van der Waals surface area contributed by atoms with Crippen LogP contribution in [0, 0.1) is 5.92 Å². The third kappa shape index (κ3) is 7.10. The van der Waals surface area contributed by atoms with Crippen LogP contribution in [0.4, 0.5) is 0 Å². The average Bonchev–Trinajstić information content (AvgIpc) is 3.27. The Morgan fingerprint density at radius 2 is 1.76 bits per heavy atom. The van der Waals surface area contributed by atoms with Crippen LogP contribution in [0.3, 0.4) is 0 Å². The fourth-order valence-electron chi connectivity index (χ4n) is 5.06. The Balaban J connectivity index is 1.22. The lowest BCUT2D eigenvalue weighted by molar-refractivity contribution is -0.148. The van der Waals surface area contributed by atoms with Gasteiger partial charge in [0.1, 0.15) is 17.9 Å². The molecule has 9 nitrogen and oxygen atoms in total. The van der Waals surface area contributed by atoms with E-state index in [1.807, 2.05) is 24.3 Å². The van der Waals surface area contributed by atoms with Crippen molar-refractivity contribution < 1.29 is 34.5 Å². The van der Waals surface area contributed by atoms with Gasteiger partial charge in [0.05, 0.1) is 6.61 Å². The molecule has 0 radical (unpaired) electrons. The van der Waals surface area contributed by atoms with E-state index in [1.54, 1.807) is 0 Å². The van der Waals surface area contributed by atoms with E-state index in [4.69, 9.17) is 25.3 Å². The Morgan fingerprint density at radius 3 is 2.32 bits per heavy atom. The van der Waals surface area contributed by atoms with E-state index in [1.165, 1.54) is 0 Å². The molecule has 2 aromatic carbocycles. The summed E-state index contributed by atoms with van der Waals surface area (Å²) < 4.78 is 10.9. The third-order valence-corrected chi connectivity index (χ3v) is 7.58. The first-order valence-electron chi connectivity index (χ1n) is 13.0. The number of unbranched alkanes of at least 4 members (excludes halogenated alkanes) is 1. The maximum Gasteiger partial charge on any atom is 0.451 e. The molecule has 0 amide bonds. The Hall–Kier alpha value is -2.47. The van der Waals surface area contributed by atoms with E-state index in [9.17, 15) is 15.0 Å². The number of benzene rings is 2. The highest BCUT2D eigenvalue weighted by molar-refractivity contribution is 6.40. The number of ether oxygens (including phenoxy) is 2. The van der Waals surface area contributed by atoms with Gasteiger partial charge in [0.2, 0.25) is 5.79 Å². The average molecular weight is 512 g/mol. The number of hydrogen-bond donors (Lipinski definition) is 6. The molecule has 37 heavy (non-hydrogen) atoms. The molecule has 0 aromatic heterocycles. The third-order valence-electron chi connectivity index (χ3n) is 7.58. The number of hydrogen-bond acceptors (Lipinski definition) is 8. The van der Waals surface area contributed by atoms with E-state index in [0.717, 1.165) is 16.7 Å². The number of aliphatic carboxylic acids is 1. The van der Waals surface area contributed by atoms with Crippen molar-refractivity contribution in [2.75, 3.05) is 13.2 Å². The second-order valence-electron chi connectivity index (χ2n) is 10.4. The first kappa shape index (κ1) is 27.6. The molecule has 1 heterocycles. The fraction of sp³-hybridized carbons (Fsp3) is 0.519. The molecule has 0 bridgehead atoms. The molecule has 4 rings (SSSR count). The molecule has 7 N–H and O–H groups in total. The lowest BCUT2D eigenvalue weighted by Gasteiger charge is -2.45. The number of aliphatic hydroxyl groups is 1. The van der Waals surface area contributed by atoms with Gasteiger partial charge in [-0.05, 0) is 60.3 Å². The largest absolute Gasteiger partial charge is 0.480 e. The Kier molecular flexibility index (Phi) is 8.89. The zero-order chi connectivity index (χ0) is 26.5. The number of carboxylic acids is 1. The van der Waals surface area contributed by atoms with Crippen molar-refractivity contribution >= 4 is 13.1 Å². The second kappa shape index (κ2) is 11.9. The lowest BCUT2D eigenvalue weighted by atomic mass is 9.66. The summed E-state index contributed by atoms with van der Waals surface area (Å²) in [6.07, 6.45) is 3.51. The topological polar surface area (TPSA) is 154 Å². The van der Waals surface area contributed by atoms with E-state index in [2.05, 4.69) is 29.6 Å². The molecule has 1 aliphatic heterocycles. The Morgan fingerprint density at radius 1 is 1.11 bits per heavy atom. The summed E-state index contributed by atoms with van der Waals surface area (Å²) in [6.45, 7) is 1.35. The van der Waals surface area contributed by atoms with Gasteiger partial charge in [-0.25, -0.2) is 0 Å². The molecule has 2 fully saturated rings. The standard InChI is InChI=1S/C27H37BN2O7/c29-27(25(31)32,11-1-2-13-28(34)35)22-15-23(16-22)30-17-19-3-5-20(6-4-19)21-7-9-24(10-8-21)37-26(33)12-14-36-18-26/h3-10,22-23,30,33-35H,1-2,11-18,29H2,(H,31,32). The molecule has 1 saturated heterocycles. The minimum Gasteiger partial charge on any atom is -0.480 e. The van der Waals surface area contributed by atoms with E-state index < -0.39 is 24.4 Å². The van der Waals surface area contributed by atoms with E-state index in [0.29, 0.717) is 57.4 Å². The SMILES string of the molecule is NC(CCCCB(O)O)(C(=O)O)C1CC(NCc2ccc(-c3ccc(OC4(O)CCOC4)cc3)cc2)C1. The van der Waals surface area contributed by atoms with Gasteiger partial charge in [0, 0.05) is 19.0 Å². The molecule has 10 heteroatoms. The molecular formula is C27H37BN2O7. The van der Waals surface area contributed by atoms with Crippen LogP contribution in [0.5, 0.6) is 5.75 Å². The quantitative estimate of drug-likeness (QED) is 0.135. The Bertz CT molecular complexity index is 1020. The summed E-state index contributed by atoms with van der Waals surface area (Å²) in [7, 11) is -1.37. The van der Waals surface area contributed by atoms with Gasteiger partial charge in [-0.1, -0.05) is 49.2 Å². The first-order chi connectivity index (χ1) is 17.7. The van der Waals surface area contributed by atoms with Crippen LogP contribution in [0.15, 0.2) is 48.5 Å². The second-order valence-corrected chi connectivity index (χ2v) is 10.4. The smallest absolute Gasteiger partial charge is 0.451 e. The van der Waals surface area contributed by atoms with Gasteiger partial charge in [0.15, 0.2) is 0 Å². The van der Waals surface area contributed by atoms with Gasteiger partial charge in [-0.15, -0.1) is 0 Å². The monoisotopic (exact) mass is 512 g/mol. The minimum atomic E-state index is -1.37. The zero-order valence-electron chi connectivity index (χ0n) is 21.0. The van der Waals surface area contributed by atoms with Gasteiger partial charge < -0.3 is 40.8 Å². The minimum absolute atomic E-state index is 0.0993. The van der Waals surface area contributed by atoms with Gasteiger partial charge in [-0.3, -0.25) is 4.79 Å². The zero-order valence-corrected chi connectivity index (χ0v) is 21.0. The van der Waals surface area contributed by atoms with Crippen LogP contribution in [0.2, 0.25) is 6.32 Å². The van der Waals surface area contributed by atoms with Crippen molar-refractivity contribution in [3.05, 3.63) is 54.1 Å².